The number of urea groups is 1. The van der Waals surface area contributed by atoms with Crippen molar-refractivity contribution in [1.82, 2.24) is 16.1 Å². The van der Waals surface area contributed by atoms with Crippen molar-refractivity contribution in [3.63, 3.8) is 0 Å². The smallest absolute Gasteiger partial charge is 0.337 e. The topological polar surface area (TPSA) is 140 Å². The number of nitrogens with one attached hydrogen (secondary N) is 3. The minimum atomic E-state index is -1.14. The number of hydrogen-bond donors (Lipinski definition) is 4. The molecule has 13 heteroatoms. The van der Waals surface area contributed by atoms with Gasteiger partial charge in [-0.25, -0.2) is 14.0 Å². The summed E-state index contributed by atoms with van der Waals surface area (Å²) in [6, 6.07) is 15.4. The molecular formula is C31H32FIN4O7. The van der Waals surface area contributed by atoms with Gasteiger partial charge in [0.15, 0.2) is 17.7 Å². The van der Waals surface area contributed by atoms with E-state index >= 15 is 0 Å². The lowest BCUT2D eigenvalue weighted by atomic mass is 9.95. The fourth-order valence-electron chi connectivity index (χ4n) is 4.28. The van der Waals surface area contributed by atoms with E-state index in [4.69, 9.17) is 18.9 Å². The van der Waals surface area contributed by atoms with Crippen LogP contribution >= 0.6 is 22.6 Å². The van der Waals surface area contributed by atoms with E-state index in [0.717, 1.165) is 14.7 Å². The number of hydrazone groups is 1. The molecule has 232 valence electrons. The highest BCUT2D eigenvalue weighted by molar-refractivity contribution is 14.1. The van der Waals surface area contributed by atoms with Crippen LogP contribution in [0.2, 0.25) is 0 Å². The second-order valence-electron chi connectivity index (χ2n) is 9.52. The highest BCUT2D eigenvalue weighted by atomic mass is 127. The third-order valence-electron chi connectivity index (χ3n) is 6.37. The first-order valence-corrected chi connectivity index (χ1v) is 14.7. The summed E-state index contributed by atoms with van der Waals surface area (Å²) in [4.78, 5) is 24.6. The molecule has 0 radical (unpaired) electrons. The Balaban J connectivity index is 1.34. The van der Waals surface area contributed by atoms with Crippen molar-refractivity contribution in [1.29, 1.82) is 0 Å². The Morgan fingerprint density at radius 3 is 2.55 bits per heavy atom. The van der Waals surface area contributed by atoms with Crippen LogP contribution < -0.4 is 30.3 Å². The lowest BCUT2D eigenvalue weighted by molar-refractivity contribution is -0.136. The van der Waals surface area contributed by atoms with Gasteiger partial charge in [0, 0.05) is 5.70 Å². The molecular weight excluding hydrogens is 686 g/mol. The van der Waals surface area contributed by atoms with Gasteiger partial charge in [0.1, 0.15) is 24.8 Å². The Kier molecular flexibility index (Phi) is 11.4. The Morgan fingerprint density at radius 1 is 1.09 bits per heavy atom. The lowest BCUT2D eigenvalue weighted by Crippen LogP contribution is -2.45. The molecule has 1 aliphatic heterocycles. The minimum Gasteiger partial charge on any atom is -0.490 e. The SMILES string of the molecule is CCOc1cc([C@@H]2NC(=O)NC(C)=C2C(=O)OC)ccc1OC[C@@H](O)N/N=C\c1ccc(OCc2ccc(F)cc2)c(I)c1. The first kappa shape index (κ1) is 32.5. The number of carbonyl (C=O) groups is 2. The number of nitrogens with zero attached hydrogens (tertiary/aromatic N) is 1. The maximum absolute atomic E-state index is 13.1. The first-order valence-electron chi connectivity index (χ1n) is 13.6. The predicted molar refractivity (Wildman–Crippen MR) is 169 cm³/mol. The van der Waals surface area contributed by atoms with Gasteiger partial charge in [-0.1, -0.05) is 18.2 Å². The van der Waals surface area contributed by atoms with Crippen LogP contribution in [0.1, 0.15) is 36.6 Å². The van der Waals surface area contributed by atoms with E-state index in [2.05, 4.69) is 43.8 Å². The summed E-state index contributed by atoms with van der Waals surface area (Å²) in [6.07, 6.45) is 0.412. The molecule has 4 rings (SSSR count). The molecule has 0 unspecified atom stereocenters. The van der Waals surface area contributed by atoms with Gasteiger partial charge in [-0.2, -0.15) is 5.10 Å². The molecule has 0 saturated heterocycles. The summed E-state index contributed by atoms with van der Waals surface area (Å²) in [5.41, 5.74) is 5.49. The number of esters is 1. The van der Waals surface area contributed by atoms with Gasteiger partial charge in [-0.15, -0.1) is 0 Å². The summed E-state index contributed by atoms with van der Waals surface area (Å²) in [5, 5.41) is 19.8. The number of allylic oxidation sites excluding steroid dienone is 1. The van der Waals surface area contributed by atoms with E-state index in [1.165, 1.54) is 19.2 Å². The average molecular weight is 719 g/mol. The Morgan fingerprint density at radius 2 is 1.84 bits per heavy atom. The van der Waals surface area contributed by atoms with Crippen LogP contribution in [0, 0.1) is 9.39 Å². The largest absolute Gasteiger partial charge is 0.490 e. The zero-order valence-electron chi connectivity index (χ0n) is 24.2. The fourth-order valence-corrected chi connectivity index (χ4v) is 4.97. The number of amides is 2. The normalized spacial score (nSPS) is 15.3. The predicted octanol–water partition coefficient (Wildman–Crippen LogP) is 4.53. The number of ether oxygens (including phenoxy) is 4. The van der Waals surface area contributed by atoms with Crippen molar-refractivity contribution in [2.24, 2.45) is 5.10 Å². The molecule has 1 aliphatic rings. The third-order valence-corrected chi connectivity index (χ3v) is 7.22. The zero-order chi connectivity index (χ0) is 31.6. The van der Waals surface area contributed by atoms with E-state index in [-0.39, 0.29) is 18.0 Å². The fraction of sp³-hybridized carbons (Fsp3) is 0.258. The molecule has 0 saturated carbocycles. The molecule has 3 aromatic rings. The van der Waals surface area contributed by atoms with Gasteiger partial charge in [0.2, 0.25) is 0 Å². The Hall–Kier alpha value is -4.37. The van der Waals surface area contributed by atoms with Crippen molar-refractivity contribution in [3.8, 4) is 17.2 Å². The Labute approximate surface area is 267 Å². The van der Waals surface area contributed by atoms with E-state index < -0.39 is 24.3 Å². The monoisotopic (exact) mass is 718 g/mol. The van der Waals surface area contributed by atoms with Gasteiger partial charge in [0.05, 0.1) is 35.1 Å². The van der Waals surface area contributed by atoms with Crippen molar-refractivity contribution in [2.45, 2.75) is 32.7 Å². The number of carbonyl (C=O) groups excluding carboxylic acids is 2. The van der Waals surface area contributed by atoms with Gasteiger partial charge >= 0.3 is 12.0 Å². The first-order chi connectivity index (χ1) is 21.2. The molecule has 2 amide bonds. The number of hydrogen-bond acceptors (Lipinski definition) is 9. The van der Waals surface area contributed by atoms with Gasteiger partial charge in [-0.3, -0.25) is 5.43 Å². The quantitative estimate of drug-likeness (QED) is 0.0665. The van der Waals surface area contributed by atoms with Crippen molar-refractivity contribution in [3.05, 3.63) is 98.0 Å². The maximum atomic E-state index is 13.1. The third kappa shape index (κ3) is 8.60. The molecule has 0 fully saturated rings. The zero-order valence-corrected chi connectivity index (χ0v) is 26.4. The molecule has 0 aliphatic carbocycles. The molecule has 44 heavy (non-hydrogen) atoms. The number of rotatable bonds is 13. The molecule has 4 N–H and O–H groups in total. The summed E-state index contributed by atoms with van der Waals surface area (Å²) in [5.74, 6) is 0.531. The summed E-state index contributed by atoms with van der Waals surface area (Å²) in [7, 11) is 1.27. The average Bonchev–Trinajstić information content (AvgIpc) is 3.00. The molecule has 0 aromatic heterocycles. The van der Waals surface area contributed by atoms with Crippen LogP contribution in [0.3, 0.4) is 0 Å². The highest BCUT2D eigenvalue weighted by Crippen LogP contribution is 2.35. The standard InChI is InChI=1S/C31H32FIN4O7/c1-4-42-26-14-21(29-28(30(39)41-3)18(2)35-31(40)36-29)8-12-25(26)44-17-27(38)37-34-15-20-7-11-24(23(33)13-20)43-16-19-5-9-22(32)10-6-19/h5-15,27,29,37-38H,4,16-17H2,1-3H3,(H2,35,36,40)/b34-15-/t27-,29+/m1/s1. The summed E-state index contributed by atoms with van der Waals surface area (Å²) < 4.78 is 36.2. The number of aliphatic hydroxyl groups excluding tert-OH is 1. The van der Waals surface area contributed by atoms with Gasteiger partial charge < -0.3 is 34.7 Å². The molecule has 0 spiro atoms. The van der Waals surface area contributed by atoms with Crippen molar-refractivity contribution >= 4 is 40.8 Å². The molecule has 0 bridgehead atoms. The lowest BCUT2D eigenvalue weighted by Gasteiger charge is -2.28. The number of methoxy groups -OCH3 is 1. The maximum Gasteiger partial charge on any atom is 0.337 e. The van der Waals surface area contributed by atoms with E-state index in [9.17, 15) is 19.1 Å². The van der Waals surface area contributed by atoms with Crippen molar-refractivity contribution in [2.75, 3.05) is 20.3 Å². The minimum absolute atomic E-state index is 0.152. The molecule has 1 heterocycles. The van der Waals surface area contributed by atoms with Gasteiger partial charge in [-0.05, 0) is 95.6 Å². The summed E-state index contributed by atoms with van der Waals surface area (Å²) >= 11 is 2.16. The second-order valence-corrected chi connectivity index (χ2v) is 10.7. The van der Waals surface area contributed by atoms with Crippen LogP contribution in [0.15, 0.2) is 77.0 Å². The van der Waals surface area contributed by atoms with Gasteiger partial charge in [0.25, 0.3) is 0 Å². The molecule has 3 aromatic carbocycles. The van der Waals surface area contributed by atoms with Crippen LogP contribution in [0.25, 0.3) is 0 Å². The molecule has 2 atom stereocenters. The summed E-state index contributed by atoms with van der Waals surface area (Å²) in [6.45, 7) is 3.92. The molecule has 11 nitrogen and oxygen atoms in total. The van der Waals surface area contributed by atoms with E-state index in [1.807, 2.05) is 25.1 Å². The van der Waals surface area contributed by atoms with Crippen molar-refractivity contribution < 1.29 is 38.0 Å². The highest BCUT2D eigenvalue weighted by Gasteiger charge is 2.32. The van der Waals surface area contributed by atoms with E-state index in [1.54, 1.807) is 43.5 Å². The van der Waals surface area contributed by atoms with Crippen LogP contribution in [-0.2, 0) is 16.1 Å². The Bertz CT molecular complexity index is 1550. The van der Waals surface area contributed by atoms with Crippen LogP contribution in [0.5, 0.6) is 17.2 Å². The van der Waals surface area contributed by atoms with E-state index in [0.29, 0.717) is 41.7 Å². The van der Waals surface area contributed by atoms with Crippen LogP contribution in [0.4, 0.5) is 9.18 Å². The van der Waals surface area contributed by atoms with Crippen LogP contribution in [-0.4, -0.2) is 49.9 Å². The second kappa shape index (κ2) is 15.4. The number of benzene rings is 3. The number of halogens is 2. The number of aliphatic hydroxyl groups is 1.